The maximum atomic E-state index is 9.73. The number of ether oxygens (including phenoxy) is 2. The average molecular weight is 204 g/mol. The molecule has 4 nitrogen and oxygen atoms in total. The lowest BCUT2D eigenvalue weighted by Crippen LogP contribution is -2.53. The molecule has 5 atom stereocenters. The Morgan fingerprint density at radius 3 is 2.43 bits per heavy atom. The minimum Gasteiger partial charge on any atom is -0.390 e. The highest BCUT2D eigenvalue weighted by atomic mass is 16.7. The highest BCUT2D eigenvalue weighted by Gasteiger charge is 2.41. The summed E-state index contributed by atoms with van der Waals surface area (Å²) in [6, 6.07) is 0. The number of methoxy groups -OCH3 is 1. The third kappa shape index (κ3) is 2.25. The fourth-order valence-corrected chi connectivity index (χ4v) is 1.86. The number of rotatable bonds is 3. The third-order valence-corrected chi connectivity index (χ3v) is 2.81. The molecule has 4 heteroatoms. The second-order valence-corrected chi connectivity index (χ2v) is 3.91. The van der Waals surface area contributed by atoms with E-state index in [1.54, 1.807) is 7.11 Å². The molecule has 1 saturated heterocycles. The summed E-state index contributed by atoms with van der Waals surface area (Å²) in [5.41, 5.74) is 0. The summed E-state index contributed by atoms with van der Waals surface area (Å²) in [4.78, 5) is 0. The molecule has 14 heavy (non-hydrogen) atoms. The molecule has 1 fully saturated rings. The lowest BCUT2D eigenvalue weighted by molar-refractivity contribution is -0.270. The molecule has 0 radical (unpaired) electrons. The van der Waals surface area contributed by atoms with E-state index >= 15 is 0 Å². The van der Waals surface area contributed by atoms with Crippen LogP contribution in [0.5, 0.6) is 0 Å². The van der Waals surface area contributed by atoms with Gasteiger partial charge in [0.2, 0.25) is 0 Å². The number of hydrogen-bond acceptors (Lipinski definition) is 4. The number of aliphatic hydroxyl groups excluding tert-OH is 2. The molecule has 1 heterocycles. The van der Waals surface area contributed by atoms with Crippen LogP contribution in [0.3, 0.4) is 0 Å². The van der Waals surface area contributed by atoms with Crippen molar-refractivity contribution >= 4 is 0 Å². The van der Waals surface area contributed by atoms with Crippen LogP contribution in [0.15, 0.2) is 0 Å². The molecule has 0 saturated carbocycles. The van der Waals surface area contributed by atoms with E-state index in [1.165, 1.54) is 0 Å². The van der Waals surface area contributed by atoms with Crippen LogP contribution in [-0.4, -0.2) is 41.9 Å². The summed E-state index contributed by atoms with van der Waals surface area (Å²) in [5, 5.41) is 19.5. The van der Waals surface area contributed by atoms with Gasteiger partial charge in [0.1, 0.15) is 6.10 Å². The van der Waals surface area contributed by atoms with Crippen LogP contribution >= 0.6 is 0 Å². The molecule has 0 aromatic rings. The summed E-state index contributed by atoms with van der Waals surface area (Å²) < 4.78 is 10.6. The first-order chi connectivity index (χ1) is 6.61. The van der Waals surface area contributed by atoms with Crippen molar-refractivity contribution < 1.29 is 19.7 Å². The van der Waals surface area contributed by atoms with Crippen molar-refractivity contribution in [1.82, 2.24) is 0 Å². The molecule has 1 aliphatic rings. The van der Waals surface area contributed by atoms with Crippen molar-refractivity contribution in [2.24, 2.45) is 5.92 Å². The van der Waals surface area contributed by atoms with Gasteiger partial charge in [0.15, 0.2) is 6.29 Å². The first kappa shape index (κ1) is 11.9. The second-order valence-electron chi connectivity index (χ2n) is 3.91. The topological polar surface area (TPSA) is 58.9 Å². The first-order valence-electron chi connectivity index (χ1n) is 5.16. The zero-order valence-corrected chi connectivity index (χ0v) is 9.01. The summed E-state index contributed by atoms with van der Waals surface area (Å²) in [6.07, 6.45) is -0.618. The quantitative estimate of drug-likeness (QED) is 0.703. The van der Waals surface area contributed by atoms with Gasteiger partial charge < -0.3 is 19.7 Å². The molecule has 0 bridgehead atoms. The van der Waals surface area contributed by atoms with Gasteiger partial charge in [0.25, 0.3) is 0 Å². The Hall–Kier alpha value is -0.160. The summed E-state index contributed by atoms with van der Waals surface area (Å²) >= 11 is 0. The van der Waals surface area contributed by atoms with Crippen LogP contribution in [0.1, 0.15) is 26.7 Å². The monoisotopic (exact) mass is 204 g/mol. The Bertz CT molecular complexity index is 170. The van der Waals surface area contributed by atoms with Gasteiger partial charge >= 0.3 is 0 Å². The highest BCUT2D eigenvalue weighted by molar-refractivity contribution is 4.86. The molecule has 0 aromatic heterocycles. The fourth-order valence-electron chi connectivity index (χ4n) is 1.86. The number of aliphatic hydroxyl groups is 2. The Kier molecular flexibility index (Phi) is 4.31. The van der Waals surface area contributed by atoms with E-state index in [2.05, 4.69) is 0 Å². The van der Waals surface area contributed by atoms with Crippen LogP contribution in [0.25, 0.3) is 0 Å². The molecule has 1 rings (SSSR count). The predicted molar refractivity (Wildman–Crippen MR) is 51.8 cm³/mol. The van der Waals surface area contributed by atoms with Crippen LogP contribution in [0, 0.1) is 5.92 Å². The Morgan fingerprint density at radius 2 is 1.93 bits per heavy atom. The molecule has 0 amide bonds. The summed E-state index contributed by atoms with van der Waals surface area (Å²) in [7, 11) is 1.55. The van der Waals surface area contributed by atoms with Gasteiger partial charge in [0.05, 0.1) is 12.2 Å². The third-order valence-electron chi connectivity index (χ3n) is 2.81. The second kappa shape index (κ2) is 5.07. The predicted octanol–water partition coefficient (Wildman–Crippen LogP) is 0.516. The van der Waals surface area contributed by atoms with Crippen LogP contribution < -0.4 is 0 Å². The van der Waals surface area contributed by atoms with Crippen molar-refractivity contribution in [3.63, 3.8) is 0 Å². The smallest absolute Gasteiger partial charge is 0.162 e. The van der Waals surface area contributed by atoms with Crippen molar-refractivity contribution in [3.05, 3.63) is 0 Å². The van der Waals surface area contributed by atoms with Crippen molar-refractivity contribution in [1.29, 1.82) is 0 Å². The van der Waals surface area contributed by atoms with E-state index in [4.69, 9.17) is 9.47 Å². The first-order valence-corrected chi connectivity index (χ1v) is 5.16. The lowest BCUT2D eigenvalue weighted by atomic mass is 9.90. The molecule has 1 aliphatic heterocycles. The van der Waals surface area contributed by atoms with E-state index in [-0.39, 0.29) is 12.0 Å². The zero-order valence-electron chi connectivity index (χ0n) is 9.01. The van der Waals surface area contributed by atoms with Gasteiger partial charge in [-0.3, -0.25) is 0 Å². The van der Waals surface area contributed by atoms with Crippen molar-refractivity contribution in [2.45, 2.75) is 51.3 Å². The van der Waals surface area contributed by atoms with E-state index in [9.17, 15) is 10.2 Å². The SMILES string of the molecule is CCCC1OC(OC)C(C)C(O)C1O. The van der Waals surface area contributed by atoms with Gasteiger partial charge in [-0.15, -0.1) is 0 Å². The van der Waals surface area contributed by atoms with Crippen LogP contribution in [-0.2, 0) is 9.47 Å². The van der Waals surface area contributed by atoms with Gasteiger partial charge in [-0.2, -0.15) is 0 Å². The lowest BCUT2D eigenvalue weighted by Gasteiger charge is -2.40. The molecule has 84 valence electrons. The molecular formula is C10H20O4. The van der Waals surface area contributed by atoms with Gasteiger partial charge in [0, 0.05) is 13.0 Å². The Labute approximate surface area is 84.8 Å². The summed E-state index contributed by atoms with van der Waals surface area (Å²) in [6.45, 7) is 3.83. The van der Waals surface area contributed by atoms with E-state index in [1.807, 2.05) is 13.8 Å². The molecule has 0 aliphatic carbocycles. The fraction of sp³-hybridized carbons (Fsp3) is 1.00. The van der Waals surface area contributed by atoms with Crippen molar-refractivity contribution in [2.75, 3.05) is 7.11 Å². The van der Waals surface area contributed by atoms with Crippen LogP contribution in [0.4, 0.5) is 0 Å². The van der Waals surface area contributed by atoms with Crippen molar-refractivity contribution in [3.8, 4) is 0 Å². The average Bonchev–Trinajstić information content (AvgIpc) is 2.19. The Balaban J connectivity index is 2.63. The normalized spacial score (nSPS) is 43.9. The minimum atomic E-state index is -0.795. The maximum absolute atomic E-state index is 9.73. The standard InChI is InChI=1S/C10H20O4/c1-4-5-7-9(12)8(11)6(2)10(13-3)14-7/h6-12H,4-5H2,1-3H3. The molecule has 0 spiro atoms. The van der Waals surface area contributed by atoms with Crippen LogP contribution in [0.2, 0.25) is 0 Å². The largest absolute Gasteiger partial charge is 0.390 e. The van der Waals surface area contributed by atoms with Gasteiger partial charge in [-0.05, 0) is 6.42 Å². The van der Waals surface area contributed by atoms with Gasteiger partial charge in [-0.25, -0.2) is 0 Å². The summed E-state index contributed by atoms with van der Waals surface area (Å²) in [5.74, 6) is -0.192. The number of hydrogen-bond donors (Lipinski definition) is 2. The molecule has 0 aromatic carbocycles. The maximum Gasteiger partial charge on any atom is 0.162 e. The van der Waals surface area contributed by atoms with Gasteiger partial charge in [-0.1, -0.05) is 20.3 Å². The highest BCUT2D eigenvalue weighted by Crippen LogP contribution is 2.28. The minimum absolute atomic E-state index is 0.192. The molecule has 2 N–H and O–H groups in total. The molecular weight excluding hydrogens is 184 g/mol. The van der Waals surface area contributed by atoms with E-state index in [0.29, 0.717) is 0 Å². The molecule has 5 unspecified atom stereocenters. The van der Waals surface area contributed by atoms with E-state index < -0.39 is 18.5 Å². The van der Waals surface area contributed by atoms with E-state index in [0.717, 1.165) is 12.8 Å². The Morgan fingerprint density at radius 1 is 1.29 bits per heavy atom. The zero-order chi connectivity index (χ0) is 10.7.